The molecule has 0 spiro atoms. The third kappa shape index (κ3) is 2.98. The van der Waals surface area contributed by atoms with Crippen LogP contribution in [0, 0.1) is 0 Å². The van der Waals surface area contributed by atoms with Gasteiger partial charge in [0.15, 0.2) is 23.0 Å². The molecule has 3 rings (SSSR count). The van der Waals surface area contributed by atoms with E-state index in [4.69, 9.17) is 32.4 Å². The summed E-state index contributed by atoms with van der Waals surface area (Å²) < 4.78 is 11.7. The summed E-state index contributed by atoms with van der Waals surface area (Å²) in [6.07, 6.45) is 0. The first-order valence-corrected chi connectivity index (χ1v) is 7.29. The second kappa shape index (κ2) is 6.29. The van der Waals surface area contributed by atoms with Gasteiger partial charge in [0.2, 0.25) is 0 Å². The van der Waals surface area contributed by atoms with Gasteiger partial charge in [0, 0.05) is 0 Å². The number of hydrogen-bond donors (Lipinski definition) is 4. The van der Waals surface area contributed by atoms with Crippen molar-refractivity contribution < 1.29 is 9.47 Å². The molecule has 0 saturated carbocycles. The number of nitrogen functional groups attached to an aromatic ring is 4. The van der Waals surface area contributed by atoms with Crippen molar-refractivity contribution in [1.82, 2.24) is 0 Å². The maximum Gasteiger partial charge on any atom is 0.170 e. The lowest BCUT2D eigenvalue weighted by atomic mass is 10.2. The van der Waals surface area contributed by atoms with Crippen LogP contribution in [0.1, 0.15) is 0 Å². The van der Waals surface area contributed by atoms with Crippen LogP contribution in [0.3, 0.4) is 0 Å². The van der Waals surface area contributed by atoms with Crippen molar-refractivity contribution in [2.24, 2.45) is 0 Å². The Balaban J connectivity index is 1.94. The van der Waals surface area contributed by atoms with Crippen LogP contribution in [0.4, 0.5) is 22.7 Å². The zero-order valence-corrected chi connectivity index (χ0v) is 12.9. The molecule has 0 atom stereocenters. The molecule has 24 heavy (non-hydrogen) atoms. The minimum atomic E-state index is 0.371. The van der Waals surface area contributed by atoms with E-state index < -0.39 is 0 Å². The number of nitrogens with two attached hydrogens (primary N) is 4. The van der Waals surface area contributed by atoms with Crippen molar-refractivity contribution in [1.29, 1.82) is 0 Å². The van der Waals surface area contributed by atoms with Gasteiger partial charge in [-0.3, -0.25) is 0 Å². The van der Waals surface area contributed by atoms with E-state index in [1.54, 1.807) is 48.5 Å². The molecule has 122 valence electrons. The first kappa shape index (κ1) is 15.4. The Morgan fingerprint density at radius 1 is 0.458 bits per heavy atom. The van der Waals surface area contributed by atoms with Gasteiger partial charge < -0.3 is 32.4 Å². The van der Waals surface area contributed by atoms with Crippen molar-refractivity contribution in [3.63, 3.8) is 0 Å². The first-order valence-electron chi connectivity index (χ1n) is 7.29. The zero-order chi connectivity index (χ0) is 17.1. The maximum absolute atomic E-state index is 5.95. The molecule has 8 N–H and O–H groups in total. The number of anilines is 4. The minimum absolute atomic E-state index is 0.371. The molecule has 0 saturated heterocycles. The van der Waals surface area contributed by atoms with Crippen molar-refractivity contribution in [2.45, 2.75) is 0 Å². The molecule has 6 heteroatoms. The standard InChI is InChI=1S/C18H18N4O2/c19-11-5-3-9-15(17(11)21)23-13-7-1-2-8-14(13)24-16-10-4-6-12(20)18(16)22/h1-10H,19-22H2. The summed E-state index contributed by atoms with van der Waals surface area (Å²) in [7, 11) is 0. The quantitative estimate of drug-likeness (QED) is 0.544. The summed E-state index contributed by atoms with van der Waals surface area (Å²) in [5.41, 5.74) is 25.2. The fraction of sp³-hybridized carbons (Fsp3) is 0. The molecule has 0 aliphatic rings. The molecular formula is C18H18N4O2. The predicted molar refractivity (Wildman–Crippen MR) is 97.1 cm³/mol. The molecule has 6 nitrogen and oxygen atoms in total. The lowest BCUT2D eigenvalue weighted by Crippen LogP contribution is -1.99. The van der Waals surface area contributed by atoms with Crippen molar-refractivity contribution in [3.05, 3.63) is 60.7 Å². The second-order valence-electron chi connectivity index (χ2n) is 5.17. The van der Waals surface area contributed by atoms with Gasteiger partial charge in [-0.1, -0.05) is 24.3 Å². The molecule has 0 bridgehead atoms. The summed E-state index contributed by atoms with van der Waals surface area (Å²) in [6, 6.07) is 17.6. The van der Waals surface area contributed by atoms with Crippen LogP contribution in [0.5, 0.6) is 23.0 Å². The number of para-hydroxylation sites is 4. The van der Waals surface area contributed by atoms with Gasteiger partial charge >= 0.3 is 0 Å². The lowest BCUT2D eigenvalue weighted by molar-refractivity contribution is 0.421. The summed E-state index contributed by atoms with van der Waals surface area (Å²) in [5, 5.41) is 0. The zero-order valence-electron chi connectivity index (χ0n) is 12.9. The molecule has 0 heterocycles. The minimum Gasteiger partial charge on any atom is -0.451 e. The van der Waals surface area contributed by atoms with Crippen LogP contribution < -0.4 is 32.4 Å². The third-order valence-corrected chi connectivity index (χ3v) is 3.49. The molecule has 0 amide bonds. The third-order valence-electron chi connectivity index (χ3n) is 3.49. The van der Waals surface area contributed by atoms with Crippen LogP contribution in [0.2, 0.25) is 0 Å². The van der Waals surface area contributed by atoms with Gasteiger partial charge in [-0.25, -0.2) is 0 Å². The van der Waals surface area contributed by atoms with Crippen molar-refractivity contribution in [2.75, 3.05) is 22.9 Å². The Kier molecular flexibility index (Phi) is 4.03. The number of ether oxygens (including phenoxy) is 2. The number of hydrogen-bond acceptors (Lipinski definition) is 6. The van der Waals surface area contributed by atoms with E-state index in [1.807, 2.05) is 12.1 Å². The Hall–Kier alpha value is -3.54. The number of rotatable bonds is 4. The number of benzene rings is 3. The predicted octanol–water partition coefficient (Wildman–Crippen LogP) is 3.60. The smallest absolute Gasteiger partial charge is 0.170 e. The average molecular weight is 322 g/mol. The Morgan fingerprint density at radius 2 is 0.833 bits per heavy atom. The van der Waals surface area contributed by atoms with E-state index in [2.05, 4.69) is 0 Å². The molecule has 0 fully saturated rings. The molecule has 3 aromatic carbocycles. The van der Waals surface area contributed by atoms with Crippen molar-refractivity contribution in [3.8, 4) is 23.0 Å². The second-order valence-corrected chi connectivity index (χ2v) is 5.17. The highest BCUT2D eigenvalue weighted by Gasteiger charge is 2.12. The highest BCUT2D eigenvalue weighted by molar-refractivity contribution is 5.72. The van der Waals surface area contributed by atoms with Gasteiger partial charge in [0.05, 0.1) is 22.7 Å². The van der Waals surface area contributed by atoms with Crippen LogP contribution in [0.15, 0.2) is 60.7 Å². The summed E-state index contributed by atoms with van der Waals surface area (Å²) in [5.74, 6) is 1.87. The fourth-order valence-corrected chi connectivity index (χ4v) is 2.16. The van der Waals surface area contributed by atoms with Crippen LogP contribution in [-0.2, 0) is 0 Å². The van der Waals surface area contributed by atoms with Gasteiger partial charge in [0.25, 0.3) is 0 Å². The Morgan fingerprint density at radius 3 is 1.25 bits per heavy atom. The van der Waals surface area contributed by atoms with E-state index in [1.165, 1.54) is 0 Å². The van der Waals surface area contributed by atoms with Gasteiger partial charge in [0.1, 0.15) is 0 Å². The normalized spacial score (nSPS) is 10.3. The van der Waals surface area contributed by atoms with Crippen molar-refractivity contribution >= 4 is 22.7 Å². The highest BCUT2D eigenvalue weighted by atomic mass is 16.5. The SMILES string of the molecule is Nc1cccc(Oc2ccccc2Oc2cccc(N)c2N)c1N. The van der Waals surface area contributed by atoms with Gasteiger partial charge in [-0.2, -0.15) is 0 Å². The van der Waals surface area contributed by atoms with Gasteiger partial charge in [-0.05, 0) is 36.4 Å². The Labute approximate surface area is 139 Å². The van der Waals surface area contributed by atoms with E-state index >= 15 is 0 Å². The lowest BCUT2D eigenvalue weighted by Gasteiger charge is -2.15. The van der Waals surface area contributed by atoms with E-state index in [9.17, 15) is 0 Å². The topological polar surface area (TPSA) is 123 Å². The molecular weight excluding hydrogens is 304 g/mol. The monoisotopic (exact) mass is 322 g/mol. The summed E-state index contributed by atoms with van der Waals surface area (Å²) >= 11 is 0. The van der Waals surface area contributed by atoms with Crippen LogP contribution >= 0.6 is 0 Å². The summed E-state index contributed by atoms with van der Waals surface area (Å²) in [6.45, 7) is 0. The van der Waals surface area contributed by atoms with Crippen LogP contribution in [-0.4, -0.2) is 0 Å². The fourth-order valence-electron chi connectivity index (χ4n) is 2.16. The first-order chi connectivity index (χ1) is 11.6. The summed E-state index contributed by atoms with van der Waals surface area (Å²) in [4.78, 5) is 0. The molecule has 0 radical (unpaired) electrons. The molecule has 0 unspecified atom stereocenters. The largest absolute Gasteiger partial charge is 0.451 e. The molecule has 0 aliphatic carbocycles. The molecule has 0 aliphatic heterocycles. The van der Waals surface area contributed by atoms with Gasteiger partial charge in [-0.15, -0.1) is 0 Å². The maximum atomic E-state index is 5.95. The van der Waals surface area contributed by atoms with Crippen LogP contribution in [0.25, 0.3) is 0 Å². The molecule has 3 aromatic rings. The van der Waals surface area contributed by atoms with E-state index in [-0.39, 0.29) is 0 Å². The molecule has 0 aromatic heterocycles. The van der Waals surface area contributed by atoms with E-state index in [0.29, 0.717) is 45.7 Å². The average Bonchev–Trinajstić information content (AvgIpc) is 2.58. The van der Waals surface area contributed by atoms with E-state index in [0.717, 1.165) is 0 Å². The Bertz CT molecular complexity index is 808. The highest BCUT2D eigenvalue weighted by Crippen LogP contribution is 2.39.